The highest BCUT2D eigenvalue weighted by Crippen LogP contribution is 2.26. The van der Waals surface area contributed by atoms with Gasteiger partial charge in [-0.15, -0.1) is 11.3 Å². The Labute approximate surface area is 161 Å². The zero-order chi connectivity index (χ0) is 18.8. The number of rotatable bonds is 5. The van der Waals surface area contributed by atoms with E-state index in [0.717, 1.165) is 27.7 Å². The molecular weight excluding hydrogens is 358 g/mol. The van der Waals surface area contributed by atoms with Crippen molar-refractivity contribution in [3.05, 3.63) is 71.9 Å². The Morgan fingerprint density at radius 2 is 1.89 bits per heavy atom. The number of para-hydroxylation sites is 1. The number of aromatic nitrogens is 2. The Morgan fingerprint density at radius 3 is 2.56 bits per heavy atom. The van der Waals surface area contributed by atoms with Crippen LogP contribution in [0.1, 0.15) is 17.4 Å². The van der Waals surface area contributed by atoms with Crippen LogP contribution in [0.15, 0.2) is 66.2 Å². The van der Waals surface area contributed by atoms with Crippen molar-refractivity contribution in [1.29, 1.82) is 0 Å². The summed E-state index contributed by atoms with van der Waals surface area (Å²) in [6, 6.07) is 17.5. The normalized spacial score (nSPS) is 10.9. The van der Waals surface area contributed by atoms with Crippen molar-refractivity contribution < 1.29 is 9.53 Å². The number of carbonyl (C=O) groups is 1. The van der Waals surface area contributed by atoms with E-state index in [1.165, 1.54) is 11.3 Å². The molecule has 27 heavy (non-hydrogen) atoms. The lowest BCUT2D eigenvalue weighted by molar-refractivity contribution is 0.0983. The molecule has 136 valence electrons. The summed E-state index contributed by atoms with van der Waals surface area (Å²) < 4.78 is 7.08. The number of benzene rings is 2. The van der Waals surface area contributed by atoms with E-state index in [1.54, 1.807) is 12.0 Å². The third-order valence-electron chi connectivity index (χ3n) is 4.44. The van der Waals surface area contributed by atoms with Crippen LogP contribution in [0.25, 0.3) is 16.2 Å². The SMILES string of the molecule is CCN(C(=O)c1csc2nc(-c3ccc(OC)cc3)cn12)c1ccccc1. The second kappa shape index (κ2) is 7.25. The molecule has 2 aromatic carbocycles. The van der Waals surface area contributed by atoms with Crippen molar-refractivity contribution >= 4 is 27.9 Å². The van der Waals surface area contributed by atoms with Gasteiger partial charge in [0.05, 0.1) is 12.8 Å². The third kappa shape index (κ3) is 3.19. The molecule has 4 aromatic rings. The minimum absolute atomic E-state index is 0.0337. The first kappa shape index (κ1) is 17.3. The van der Waals surface area contributed by atoms with Gasteiger partial charge in [0.2, 0.25) is 0 Å². The van der Waals surface area contributed by atoms with Crippen LogP contribution in [0.3, 0.4) is 0 Å². The van der Waals surface area contributed by atoms with Crippen LogP contribution in [0.2, 0.25) is 0 Å². The topological polar surface area (TPSA) is 46.8 Å². The highest BCUT2D eigenvalue weighted by Gasteiger charge is 2.21. The molecule has 2 aromatic heterocycles. The largest absolute Gasteiger partial charge is 0.497 e. The highest BCUT2D eigenvalue weighted by atomic mass is 32.1. The first-order chi connectivity index (χ1) is 13.2. The van der Waals surface area contributed by atoms with Gasteiger partial charge in [-0.1, -0.05) is 18.2 Å². The first-order valence-electron chi connectivity index (χ1n) is 8.69. The van der Waals surface area contributed by atoms with Crippen molar-refractivity contribution in [1.82, 2.24) is 9.38 Å². The number of ether oxygens (including phenoxy) is 1. The summed E-state index contributed by atoms with van der Waals surface area (Å²) in [4.78, 5) is 20.4. The molecule has 0 unspecified atom stereocenters. The molecule has 2 heterocycles. The molecule has 0 saturated carbocycles. The summed E-state index contributed by atoms with van der Waals surface area (Å²) in [6.45, 7) is 2.57. The Kier molecular flexibility index (Phi) is 4.64. The van der Waals surface area contributed by atoms with Gasteiger partial charge in [-0.25, -0.2) is 4.98 Å². The molecular formula is C21H19N3O2S. The quantitative estimate of drug-likeness (QED) is 0.505. The minimum atomic E-state index is -0.0337. The summed E-state index contributed by atoms with van der Waals surface area (Å²) in [5, 5.41) is 1.87. The molecule has 0 spiro atoms. The lowest BCUT2D eigenvalue weighted by Gasteiger charge is -2.20. The number of anilines is 1. The maximum Gasteiger partial charge on any atom is 0.276 e. The molecule has 0 atom stereocenters. The average Bonchev–Trinajstić information content (AvgIpc) is 3.30. The molecule has 0 N–H and O–H groups in total. The van der Waals surface area contributed by atoms with Crippen LogP contribution in [0, 0.1) is 0 Å². The summed E-state index contributed by atoms with van der Waals surface area (Å²) >= 11 is 1.47. The number of thiazole rings is 1. The second-order valence-corrected chi connectivity index (χ2v) is 6.85. The molecule has 0 aliphatic heterocycles. The number of methoxy groups -OCH3 is 1. The van der Waals surface area contributed by atoms with Gasteiger partial charge >= 0.3 is 0 Å². The maximum atomic E-state index is 13.1. The smallest absolute Gasteiger partial charge is 0.276 e. The summed E-state index contributed by atoms with van der Waals surface area (Å²) in [5.41, 5.74) is 3.33. The minimum Gasteiger partial charge on any atom is -0.497 e. The van der Waals surface area contributed by atoms with Crippen LogP contribution in [-0.4, -0.2) is 28.9 Å². The van der Waals surface area contributed by atoms with Crippen molar-refractivity contribution in [2.24, 2.45) is 0 Å². The number of fused-ring (bicyclic) bond motifs is 1. The average molecular weight is 377 g/mol. The highest BCUT2D eigenvalue weighted by molar-refractivity contribution is 7.15. The first-order valence-corrected chi connectivity index (χ1v) is 9.57. The van der Waals surface area contributed by atoms with E-state index in [0.29, 0.717) is 12.2 Å². The number of carbonyl (C=O) groups excluding carboxylic acids is 1. The zero-order valence-electron chi connectivity index (χ0n) is 15.1. The van der Waals surface area contributed by atoms with Crippen molar-refractivity contribution in [2.45, 2.75) is 6.92 Å². The van der Waals surface area contributed by atoms with E-state index >= 15 is 0 Å². The third-order valence-corrected chi connectivity index (χ3v) is 5.28. The molecule has 0 radical (unpaired) electrons. The van der Waals surface area contributed by atoms with E-state index in [-0.39, 0.29) is 5.91 Å². The lowest BCUT2D eigenvalue weighted by Crippen LogP contribution is -2.31. The molecule has 0 saturated heterocycles. The predicted octanol–water partition coefficient (Wildman–Crippen LogP) is 4.74. The van der Waals surface area contributed by atoms with Crippen LogP contribution in [0.5, 0.6) is 5.75 Å². The summed E-state index contributed by atoms with van der Waals surface area (Å²) in [7, 11) is 1.64. The van der Waals surface area contributed by atoms with E-state index in [1.807, 2.05) is 77.5 Å². The summed E-state index contributed by atoms with van der Waals surface area (Å²) in [5.74, 6) is 0.769. The van der Waals surface area contributed by atoms with Gasteiger partial charge in [-0.05, 0) is 43.3 Å². The van der Waals surface area contributed by atoms with E-state index in [2.05, 4.69) is 4.98 Å². The number of hydrogen-bond donors (Lipinski definition) is 0. The molecule has 0 aliphatic carbocycles. The van der Waals surface area contributed by atoms with Crippen molar-refractivity contribution in [2.75, 3.05) is 18.6 Å². The Bertz CT molecular complexity index is 1070. The molecule has 5 nitrogen and oxygen atoms in total. The van der Waals surface area contributed by atoms with Crippen molar-refractivity contribution in [3.63, 3.8) is 0 Å². The number of nitrogens with zero attached hydrogens (tertiary/aromatic N) is 3. The predicted molar refractivity (Wildman–Crippen MR) is 109 cm³/mol. The van der Waals surface area contributed by atoms with Crippen molar-refractivity contribution in [3.8, 4) is 17.0 Å². The molecule has 4 rings (SSSR count). The van der Waals surface area contributed by atoms with Gasteiger partial charge in [0.15, 0.2) is 4.96 Å². The fourth-order valence-corrected chi connectivity index (χ4v) is 3.88. The Hall–Kier alpha value is -3.12. The molecule has 0 fully saturated rings. The fraction of sp³-hybridized carbons (Fsp3) is 0.143. The van der Waals surface area contributed by atoms with Gasteiger partial charge in [0, 0.05) is 29.4 Å². The second-order valence-electron chi connectivity index (χ2n) is 6.01. The molecule has 0 aliphatic rings. The lowest BCUT2D eigenvalue weighted by atomic mass is 10.2. The van der Waals surface area contributed by atoms with E-state index in [9.17, 15) is 4.79 Å². The van der Waals surface area contributed by atoms with E-state index in [4.69, 9.17) is 4.74 Å². The van der Waals surface area contributed by atoms with Gasteiger partial charge in [0.25, 0.3) is 5.91 Å². The van der Waals surface area contributed by atoms with Crippen LogP contribution in [-0.2, 0) is 0 Å². The monoisotopic (exact) mass is 377 g/mol. The summed E-state index contributed by atoms with van der Waals surface area (Å²) in [6.07, 6.45) is 1.92. The van der Waals surface area contributed by atoms with Crippen LogP contribution in [0.4, 0.5) is 5.69 Å². The van der Waals surface area contributed by atoms with Crippen LogP contribution >= 0.6 is 11.3 Å². The van der Waals surface area contributed by atoms with Gasteiger partial charge < -0.3 is 9.64 Å². The molecule has 1 amide bonds. The number of hydrogen-bond acceptors (Lipinski definition) is 4. The van der Waals surface area contributed by atoms with Gasteiger partial charge in [-0.2, -0.15) is 0 Å². The Morgan fingerprint density at radius 1 is 1.15 bits per heavy atom. The Balaban J connectivity index is 1.70. The van der Waals surface area contributed by atoms with Gasteiger partial charge in [0.1, 0.15) is 11.4 Å². The number of imidazole rings is 1. The van der Waals surface area contributed by atoms with E-state index < -0.39 is 0 Å². The maximum absolute atomic E-state index is 13.1. The number of amides is 1. The van der Waals surface area contributed by atoms with Gasteiger partial charge in [-0.3, -0.25) is 9.20 Å². The van der Waals surface area contributed by atoms with Crippen LogP contribution < -0.4 is 9.64 Å². The molecule has 0 bridgehead atoms. The molecule has 6 heteroatoms. The fourth-order valence-electron chi connectivity index (χ4n) is 3.03. The zero-order valence-corrected chi connectivity index (χ0v) is 15.9. The standard InChI is InChI=1S/C21H19N3O2S/c1-3-23(16-7-5-4-6-8-16)20(25)19-14-27-21-22-18(13-24(19)21)15-9-11-17(26-2)12-10-15/h4-14H,3H2,1-2H3.